The van der Waals surface area contributed by atoms with Crippen molar-refractivity contribution in [2.24, 2.45) is 5.10 Å². The van der Waals surface area contributed by atoms with Crippen molar-refractivity contribution < 1.29 is 19.2 Å². The van der Waals surface area contributed by atoms with E-state index in [2.05, 4.69) is 10.5 Å². The highest BCUT2D eigenvalue weighted by atomic mass is 35.5. The number of nitro benzene ring substituents is 1. The smallest absolute Gasteiger partial charge is 0.343 e. The molecule has 0 spiro atoms. The molecular formula is C22H16ClN3O5. The SMILES string of the molecule is Cc1ccc(C(=O)N/N=C\c2cccc(OC(=O)c3ccc([N+](=O)[O-])cc3)c2)c(Cl)c1. The standard InChI is InChI=1S/C22H16ClN3O5/c1-14-5-10-19(20(23)11-14)21(27)25-24-13-15-3-2-4-18(12-15)31-22(28)16-6-8-17(9-7-16)26(29)30/h2-13H,1H3,(H,25,27)/b24-13-. The minimum absolute atomic E-state index is 0.122. The topological polar surface area (TPSA) is 111 Å². The van der Waals surface area contributed by atoms with E-state index in [0.717, 1.165) is 5.56 Å². The van der Waals surface area contributed by atoms with Gasteiger partial charge in [0, 0.05) is 12.1 Å². The molecule has 3 aromatic rings. The van der Waals surface area contributed by atoms with Crippen LogP contribution in [0.25, 0.3) is 0 Å². The molecule has 0 saturated heterocycles. The lowest BCUT2D eigenvalue weighted by Crippen LogP contribution is -2.18. The number of amides is 1. The lowest BCUT2D eigenvalue weighted by molar-refractivity contribution is -0.384. The summed E-state index contributed by atoms with van der Waals surface area (Å²) in [7, 11) is 0. The van der Waals surface area contributed by atoms with Crippen LogP contribution in [0.1, 0.15) is 31.8 Å². The second kappa shape index (κ2) is 9.64. The summed E-state index contributed by atoms with van der Waals surface area (Å²) >= 11 is 6.07. The third-order valence-electron chi connectivity index (χ3n) is 4.13. The largest absolute Gasteiger partial charge is 0.423 e. The van der Waals surface area contributed by atoms with Crippen molar-refractivity contribution in [3.05, 3.63) is 104 Å². The second-order valence-corrected chi connectivity index (χ2v) is 6.86. The zero-order valence-electron chi connectivity index (χ0n) is 16.2. The Kier molecular flexibility index (Phi) is 6.74. The Bertz CT molecular complexity index is 1180. The Balaban J connectivity index is 1.63. The van der Waals surface area contributed by atoms with E-state index in [9.17, 15) is 19.7 Å². The second-order valence-electron chi connectivity index (χ2n) is 6.45. The number of hydrogen-bond acceptors (Lipinski definition) is 6. The van der Waals surface area contributed by atoms with Gasteiger partial charge in [-0.15, -0.1) is 0 Å². The highest BCUT2D eigenvalue weighted by Gasteiger charge is 2.12. The molecule has 1 amide bonds. The van der Waals surface area contributed by atoms with Gasteiger partial charge in [-0.3, -0.25) is 14.9 Å². The first-order chi connectivity index (χ1) is 14.8. The van der Waals surface area contributed by atoms with Gasteiger partial charge in [-0.05, 0) is 54.4 Å². The van der Waals surface area contributed by atoms with E-state index < -0.39 is 16.8 Å². The van der Waals surface area contributed by atoms with Crippen LogP contribution in [0.3, 0.4) is 0 Å². The molecule has 0 aliphatic heterocycles. The number of nitrogens with one attached hydrogen (secondary N) is 1. The van der Waals surface area contributed by atoms with Crippen LogP contribution in [0, 0.1) is 17.0 Å². The quantitative estimate of drug-likeness (QED) is 0.200. The van der Waals surface area contributed by atoms with Gasteiger partial charge in [0.05, 0.1) is 27.3 Å². The number of hydrazone groups is 1. The van der Waals surface area contributed by atoms with Crippen LogP contribution in [0.5, 0.6) is 5.75 Å². The summed E-state index contributed by atoms with van der Waals surface area (Å²) in [4.78, 5) is 34.6. The third kappa shape index (κ3) is 5.74. The molecule has 1 N–H and O–H groups in total. The highest BCUT2D eigenvalue weighted by Crippen LogP contribution is 2.18. The summed E-state index contributed by atoms with van der Waals surface area (Å²) in [6, 6.07) is 16.6. The average Bonchev–Trinajstić information content (AvgIpc) is 2.74. The summed E-state index contributed by atoms with van der Waals surface area (Å²) in [5.74, 6) is -0.867. The number of esters is 1. The van der Waals surface area contributed by atoms with Gasteiger partial charge in [-0.2, -0.15) is 5.10 Å². The molecule has 8 nitrogen and oxygen atoms in total. The van der Waals surface area contributed by atoms with Crippen LogP contribution in [0.15, 0.2) is 71.8 Å². The fourth-order valence-electron chi connectivity index (χ4n) is 2.57. The zero-order valence-corrected chi connectivity index (χ0v) is 17.0. The van der Waals surface area contributed by atoms with E-state index in [0.29, 0.717) is 16.1 Å². The van der Waals surface area contributed by atoms with Crippen molar-refractivity contribution in [3.63, 3.8) is 0 Å². The third-order valence-corrected chi connectivity index (χ3v) is 4.44. The maximum Gasteiger partial charge on any atom is 0.343 e. The summed E-state index contributed by atoms with van der Waals surface area (Å²) in [5.41, 5.74) is 4.25. The molecule has 0 saturated carbocycles. The number of aryl methyl sites for hydroxylation is 1. The van der Waals surface area contributed by atoms with Crippen LogP contribution in [-0.2, 0) is 0 Å². The molecule has 0 bridgehead atoms. The lowest BCUT2D eigenvalue weighted by Gasteiger charge is -2.05. The maximum atomic E-state index is 12.2. The van der Waals surface area contributed by atoms with E-state index >= 15 is 0 Å². The fourth-order valence-corrected chi connectivity index (χ4v) is 2.89. The number of rotatable bonds is 6. The van der Waals surface area contributed by atoms with Gasteiger partial charge in [0.2, 0.25) is 0 Å². The zero-order chi connectivity index (χ0) is 22.4. The molecule has 0 radical (unpaired) electrons. The normalized spacial score (nSPS) is 10.6. The molecule has 3 aromatic carbocycles. The summed E-state index contributed by atoms with van der Waals surface area (Å²) in [6.45, 7) is 1.87. The number of non-ortho nitro benzene ring substituents is 1. The van der Waals surface area contributed by atoms with Gasteiger partial charge in [0.15, 0.2) is 0 Å². The van der Waals surface area contributed by atoms with Crippen molar-refractivity contribution in [1.29, 1.82) is 0 Å². The number of hydrogen-bond donors (Lipinski definition) is 1. The summed E-state index contributed by atoms with van der Waals surface area (Å²) in [5, 5.41) is 14.9. The molecule has 0 heterocycles. The number of carbonyl (C=O) groups excluding carboxylic acids is 2. The summed E-state index contributed by atoms with van der Waals surface area (Å²) < 4.78 is 5.29. The molecule has 0 aliphatic rings. The van der Waals surface area contributed by atoms with E-state index in [1.54, 1.807) is 42.5 Å². The van der Waals surface area contributed by atoms with Gasteiger partial charge < -0.3 is 4.74 Å². The van der Waals surface area contributed by atoms with E-state index in [-0.39, 0.29) is 17.0 Å². The van der Waals surface area contributed by atoms with Gasteiger partial charge in [0.1, 0.15) is 5.75 Å². The van der Waals surface area contributed by atoms with Crippen molar-refractivity contribution in [2.45, 2.75) is 6.92 Å². The van der Waals surface area contributed by atoms with Gasteiger partial charge in [-0.1, -0.05) is 29.8 Å². The van der Waals surface area contributed by atoms with Gasteiger partial charge in [-0.25, -0.2) is 10.2 Å². The van der Waals surface area contributed by atoms with E-state index in [1.165, 1.54) is 30.5 Å². The molecule has 3 rings (SSSR count). The van der Waals surface area contributed by atoms with Gasteiger partial charge >= 0.3 is 5.97 Å². The molecule has 31 heavy (non-hydrogen) atoms. The Hall–Kier alpha value is -4.04. The van der Waals surface area contributed by atoms with Gasteiger partial charge in [0.25, 0.3) is 11.6 Å². The minimum atomic E-state index is -0.661. The van der Waals surface area contributed by atoms with Crippen LogP contribution < -0.4 is 10.2 Å². The number of ether oxygens (including phenoxy) is 1. The van der Waals surface area contributed by atoms with Crippen LogP contribution in [0.4, 0.5) is 5.69 Å². The lowest BCUT2D eigenvalue weighted by atomic mass is 10.1. The van der Waals surface area contributed by atoms with Crippen LogP contribution in [-0.4, -0.2) is 23.0 Å². The summed E-state index contributed by atoms with van der Waals surface area (Å²) in [6.07, 6.45) is 1.39. The first-order valence-corrected chi connectivity index (χ1v) is 9.37. The number of carbonyl (C=O) groups is 2. The Morgan fingerprint density at radius 1 is 1.10 bits per heavy atom. The van der Waals surface area contributed by atoms with Crippen molar-refractivity contribution in [3.8, 4) is 5.75 Å². The minimum Gasteiger partial charge on any atom is -0.423 e. The molecule has 0 aliphatic carbocycles. The number of nitro groups is 1. The van der Waals surface area contributed by atoms with E-state index in [4.69, 9.17) is 16.3 Å². The highest BCUT2D eigenvalue weighted by molar-refractivity contribution is 6.33. The van der Waals surface area contributed by atoms with Crippen molar-refractivity contribution in [1.82, 2.24) is 5.43 Å². The molecule has 0 atom stereocenters. The number of nitrogens with zero attached hydrogens (tertiary/aromatic N) is 2. The average molecular weight is 438 g/mol. The van der Waals surface area contributed by atoms with E-state index in [1.807, 2.05) is 6.92 Å². The molecule has 0 unspecified atom stereocenters. The Morgan fingerprint density at radius 3 is 2.52 bits per heavy atom. The maximum absolute atomic E-state index is 12.2. The fraction of sp³-hybridized carbons (Fsp3) is 0.0455. The first kappa shape index (κ1) is 21.7. The molecular weight excluding hydrogens is 422 g/mol. The number of halogens is 1. The predicted molar refractivity (Wildman–Crippen MR) is 116 cm³/mol. The van der Waals surface area contributed by atoms with Crippen LogP contribution in [0.2, 0.25) is 5.02 Å². The number of benzene rings is 3. The van der Waals surface area contributed by atoms with Crippen LogP contribution >= 0.6 is 11.6 Å². The first-order valence-electron chi connectivity index (χ1n) is 9.00. The van der Waals surface area contributed by atoms with Crippen molar-refractivity contribution in [2.75, 3.05) is 0 Å². The molecule has 0 fully saturated rings. The Morgan fingerprint density at radius 2 is 1.84 bits per heavy atom. The monoisotopic (exact) mass is 437 g/mol. The van der Waals surface area contributed by atoms with Crippen molar-refractivity contribution >= 4 is 35.4 Å². The molecule has 9 heteroatoms. The molecule has 156 valence electrons. The predicted octanol–water partition coefficient (Wildman–Crippen LogP) is 4.54. The molecule has 0 aromatic heterocycles. The Labute approximate surface area is 182 Å².